The van der Waals surface area contributed by atoms with Crippen molar-refractivity contribution in [2.45, 2.75) is 50.6 Å². The molecule has 2 heterocycles. The van der Waals surface area contributed by atoms with E-state index in [4.69, 9.17) is 12.2 Å². The van der Waals surface area contributed by atoms with Crippen LogP contribution in [0.25, 0.3) is 0 Å². The maximum atomic E-state index is 12.7. The molecule has 0 saturated heterocycles. The van der Waals surface area contributed by atoms with Gasteiger partial charge < -0.3 is 10.4 Å². The summed E-state index contributed by atoms with van der Waals surface area (Å²) in [6, 6.07) is 8.18. The third kappa shape index (κ3) is 2.93. The first kappa shape index (κ1) is 16.5. The minimum atomic E-state index is -0.271. The second-order valence-electron chi connectivity index (χ2n) is 7.11. The van der Waals surface area contributed by atoms with Gasteiger partial charge in [-0.3, -0.25) is 14.3 Å². The molecule has 1 aromatic carbocycles. The van der Waals surface area contributed by atoms with E-state index >= 15 is 0 Å². The Morgan fingerprint density at radius 1 is 1.20 bits per heavy atom. The molecule has 1 fully saturated rings. The molecule has 0 spiro atoms. The Hall–Kier alpha value is -1.92. The first-order valence-corrected chi connectivity index (χ1v) is 9.56. The van der Waals surface area contributed by atoms with Crippen LogP contribution >= 0.6 is 12.2 Å². The van der Waals surface area contributed by atoms with Crippen LogP contribution in [0, 0.1) is 4.77 Å². The predicted octanol–water partition coefficient (Wildman–Crippen LogP) is 2.33. The Labute approximate surface area is 151 Å². The average molecular weight is 358 g/mol. The molecule has 4 rings (SSSR count). The summed E-state index contributed by atoms with van der Waals surface area (Å²) in [6.45, 7) is 0.902. The maximum Gasteiger partial charge on any atom is 0.265 e. The molecular weight excluding hydrogens is 334 g/mol. The van der Waals surface area contributed by atoms with Crippen LogP contribution in [0.1, 0.15) is 60.9 Å². The van der Waals surface area contributed by atoms with Crippen LogP contribution in [0.5, 0.6) is 5.88 Å². The van der Waals surface area contributed by atoms with Gasteiger partial charge in [0.15, 0.2) is 4.77 Å². The van der Waals surface area contributed by atoms with Crippen LogP contribution < -0.4 is 10.9 Å². The quantitative estimate of drug-likeness (QED) is 0.721. The molecule has 2 aliphatic rings. The summed E-state index contributed by atoms with van der Waals surface area (Å²) >= 11 is 5.38. The number of quaternary nitrogens is 1. The van der Waals surface area contributed by atoms with E-state index in [0.717, 1.165) is 44.2 Å². The monoisotopic (exact) mass is 358 g/mol. The molecule has 1 atom stereocenters. The SMILES string of the molecule is O=c1[nH]c(=S)n(C2CCCCC2)c(O)c1[C@@H]1[NH2+]CCc2ccccc21. The highest BCUT2D eigenvalue weighted by Gasteiger charge is 2.32. The second-order valence-corrected chi connectivity index (χ2v) is 7.50. The van der Waals surface area contributed by atoms with E-state index in [0.29, 0.717) is 10.3 Å². The molecule has 0 radical (unpaired) electrons. The van der Waals surface area contributed by atoms with E-state index < -0.39 is 0 Å². The molecule has 6 heteroatoms. The van der Waals surface area contributed by atoms with Gasteiger partial charge in [0.2, 0.25) is 5.88 Å². The van der Waals surface area contributed by atoms with Crippen molar-refractivity contribution < 1.29 is 10.4 Å². The fourth-order valence-electron chi connectivity index (χ4n) is 4.38. The summed E-state index contributed by atoms with van der Waals surface area (Å²) < 4.78 is 2.12. The lowest BCUT2D eigenvalue weighted by Gasteiger charge is -2.28. The van der Waals surface area contributed by atoms with Gasteiger partial charge in [0, 0.05) is 18.0 Å². The second kappa shape index (κ2) is 6.77. The standard InChI is InChI=1S/C19H23N3O2S/c23-17-15(16-14-9-5-4-6-12(14)10-11-20-16)18(24)22(19(25)21-17)13-7-2-1-3-8-13/h4-6,9,13,16,20,24H,1-3,7-8,10-11H2,(H,21,23,25)/p+1/t16-/m1/s1. The molecule has 2 aromatic rings. The Morgan fingerprint density at radius 3 is 2.76 bits per heavy atom. The zero-order valence-corrected chi connectivity index (χ0v) is 15.0. The number of rotatable bonds is 2. The van der Waals surface area contributed by atoms with Crippen molar-refractivity contribution in [3.05, 3.63) is 56.1 Å². The van der Waals surface area contributed by atoms with Crippen molar-refractivity contribution in [3.8, 4) is 5.88 Å². The third-order valence-electron chi connectivity index (χ3n) is 5.61. The smallest absolute Gasteiger partial charge is 0.265 e. The minimum absolute atomic E-state index is 0.0543. The zero-order valence-electron chi connectivity index (χ0n) is 14.2. The Bertz CT molecular complexity index is 896. The van der Waals surface area contributed by atoms with E-state index in [1.807, 2.05) is 12.1 Å². The van der Waals surface area contributed by atoms with Crippen LogP contribution in [-0.2, 0) is 6.42 Å². The normalized spacial score (nSPS) is 21.0. The van der Waals surface area contributed by atoms with Crippen molar-refractivity contribution in [2.24, 2.45) is 0 Å². The number of aromatic nitrogens is 2. The maximum absolute atomic E-state index is 12.7. The molecule has 1 aliphatic heterocycles. The Morgan fingerprint density at radius 2 is 1.96 bits per heavy atom. The summed E-state index contributed by atoms with van der Waals surface area (Å²) in [4.78, 5) is 15.5. The van der Waals surface area contributed by atoms with Gasteiger partial charge >= 0.3 is 0 Å². The highest BCUT2D eigenvalue weighted by atomic mass is 32.1. The number of benzene rings is 1. The van der Waals surface area contributed by atoms with Gasteiger partial charge in [0.1, 0.15) is 11.6 Å². The van der Waals surface area contributed by atoms with Crippen molar-refractivity contribution in [3.63, 3.8) is 0 Å². The lowest BCUT2D eigenvalue weighted by atomic mass is 9.90. The van der Waals surface area contributed by atoms with Crippen molar-refractivity contribution in [1.29, 1.82) is 0 Å². The highest BCUT2D eigenvalue weighted by molar-refractivity contribution is 7.71. The van der Waals surface area contributed by atoms with Crippen LogP contribution in [0.2, 0.25) is 0 Å². The van der Waals surface area contributed by atoms with E-state index in [1.165, 1.54) is 12.0 Å². The van der Waals surface area contributed by atoms with Crippen LogP contribution in [-0.4, -0.2) is 21.2 Å². The topological polar surface area (TPSA) is 74.6 Å². The van der Waals surface area contributed by atoms with Gasteiger partial charge in [-0.15, -0.1) is 0 Å². The van der Waals surface area contributed by atoms with Gasteiger partial charge in [0.25, 0.3) is 5.56 Å². The predicted molar refractivity (Wildman–Crippen MR) is 98.5 cm³/mol. The van der Waals surface area contributed by atoms with Gasteiger partial charge in [-0.2, -0.15) is 0 Å². The summed E-state index contributed by atoms with van der Waals surface area (Å²) in [5.74, 6) is 0.0543. The van der Waals surface area contributed by atoms with Gasteiger partial charge in [-0.05, 0) is 30.6 Å². The number of nitrogens with two attached hydrogens (primary N) is 1. The van der Waals surface area contributed by atoms with Gasteiger partial charge in [-0.1, -0.05) is 43.5 Å². The Kier molecular flexibility index (Phi) is 4.48. The number of nitrogens with one attached hydrogen (secondary N) is 1. The zero-order chi connectivity index (χ0) is 17.4. The molecule has 0 unspecified atom stereocenters. The van der Waals surface area contributed by atoms with Crippen molar-refractivity contribution in [1.82, 2.24) is 9.55 Å². The number of nitrogens with zero attached hydrogens (tertiary/aromatic N) is 1. The van der Waals surface area contributed by atoms with Gasteiger partial charge in [0.05, 0.1) is 6.54 Å². The number of hydrogen-bond acceptors (Lipinski definition) is 3. The largest absolute Gasteiger partial charge is 0.494 e. The first-order chi connectivity index (χ1) is 12.2. The fraction of sp³-hybridized carbons (Fsp3) is 0.474. The van der Waals surface area contributed by atoms with E-state index in [9.17, 15) is 9.90 Å². The summed E-state index contributed by atoms with van der Waals surface area (Å²) in [5.41, 5.74) is 2.53. The Balaban J connectivity index is 1.86. The summed E-state index contributed by atoms with van der Waals surface area (Å²) in [7, 11) is 0. The lowest BCUT2D eigenvalue weighted by molar-refractivity contribution is -0.690. The molecule has 4 N–H and O–H groups in total. The molecule has 5 nitrogen and oxygen atoms in total. The molecular formula is C19H24N3O2S+. The number of hydrogen-bond donors (Lipinski definition) is 3. The molecule has 1 aromatic heterocycles. The number of aromatic hydroxyl groups is 1. The van der Waals surface area contributed by atoms with Crippen LogP contribution in [0.15, 0.2) is 29.1 Å². The molecule has 1 aliphatic carbocycles. The molecule has 25 heavy (non-hydrogen) atoms. The summed E-state index contributed by atoms with van der Waals surface area (Å²) in [5, 5.41) is 13.2. The molecule has 0 bridgehead atoms. The number of aromatic amines is 1. The number of H-pyrrole nitrogens is 1. The molecule has 0 amide bonds. The van der Waals surface area contributed by atoms with E-state index in [-0.39, 0.29) is 23.5 Å². The van der Waals surface area contributed by atoms with Crippen molar-refractivity contribution >= 4 is 12.2 Å². The average Bonchev–Trinajstić information content (AvgIpc) is 2.62. The van der Waals surface area contributed by atoms with Crippen LogP contribution in [0.4, 0.5) is 0 Å². The van der Waals surface area contributed by atoms with E-state index in [2.05, 4.69) is 22.4 Å². The highest BCUT2D eigenvalue weighted by Crippen LogP contribution is 2.34. The lowest BCUT2D eigenvalue weighted by Crippen LogP contribution is -2.87. The summed E-state index contributed by atoms with van der Waals surface area (Å²) in [6.07, 6.45) is 6.48. The van der Waals surface area contributed by atoms with Gasteiger partial charge in [-0.25, -0.2) is 0 Å². The fourth-order valence-corrected chi connectivity index (χ4v) is 4.71. The number of fused-ring (bicyclic) bond motifs is 1. The first-order valence-electron chi connectivity index (χ1n) is 9.15. The van der Waals surface area contributed by atoms with Crippen molar-refractivity contribution in [2.75, 3.05) is 6.54 Å². The van der Waals surface area contributed by atoms with Crippen LogP contribution in [0.3, 0.4) is 0 Å². The minimum Gasteiger partial charge on any atom is -0.494 e. The van der Waals surface area contributed by atoms with E-state index in [1.54, 1.807) is 4.57 Å². The molecule has 1 saturated carbocycles. The third-order valence-corrected chi connectivity index (χ3v) is 5.91. The molecule has 132 valence electrons.